The van der Waals surface area contributed by atoms with Gasteiger partial charge in [-0.05, 0) is 48.7 Å². The number of hydrogen-bond donors (Lipinski definition) is 1. The van der Waals surface area contributed by atoms with Crippen molar-refractivity contribution in [3.8, 4) is 0 Å². The first-order valence-electron chi connectivity index (χ1n) is 8.95. The fourth-order valence-corrected chi connectivity index (χ4v) is 3.62. The number of alkyl halides is 3. The van der Waals surface area contributed by atoms with Crippen LogP contribution in [-0.2, 0) is 27.4 Å². The number of benzene rings is 2. The molecule has 1 N–H and O–H groups in total. The third-order valence-corrected chi connectivity index (χ3v) is 5.58. The number of amides is 1. The van der Waals surface area contributed by atoms with Gasteiger partial charge in [-0.25, -0.2) is 8.42 Å². The predicted octanol–water partition coefficient (Wildman–Crippen LogP) is 3.91. The Hall–Kier alpha value is -2.55. The largest absolute Gasteiger partial charge is 0.416 e. The van der Waals surface area contributed by atoms with Gasteiger partial charge in [0.2, 0.25) is 15.9 Å². The average Bonchev–Trinajstić information content (AvgIpc) is 2.64. The summed E-state index contributed by atoms with van der Waals surface area (Å²) >= 11 is 0. The quantitative estimate of drug-likeness (QED) is 0.727. The van der Waals surface area contributed by atoms with Crippen LogP contribution in [0.1, 0.15) is 36.6 Å². The van der Waals surface area contributed by atoms with Crippen molar-refractivity contribution in [2.45, 2.75) is 32.5 Å². The Morgan fingerprint density at radius 3 is 2.07 bits per heavy atom. The van der Waals surface area contributed by atoms with Crippen LogP contribution in [0.4, 0.5) is 18.9 Å². The van der Waals surface area contributed by atoms with Gasteiger partial charge in [0.05, 0.1) is 23.5 Å². The number of halogens is 3. The first-order valence-corrected chi connectivity index (χ1v) is 10.8. The minimum Gasteiger partial charge on any atom is -0.348 e. The molecule has 0 aromatic heterocycles. The number of aryl methyl sites for hydroxylation is 1. The highest BCUT2D eigenvalue weighted by molar-refractivity contribution is 7.92. The first-order chi connectivity index (χ1) is 13.4. The van der Waals surface area contributed by atoms with E-state index in [0.29, 0.717) is 0 Å². The lowest BCUT2D eigenvalue weighted by molar-refractivity contribution is -0.137. The van der Waals surface area contributed by atoms with E-state index in [9.17, 15) is 26.4 Å². The van der Waals surface area contributed by atoms with E-state index in [1.807, 2.05) is 31.2 Å². The van der Waals surface area contributed by atoms with Gasteiger partial charge in [0.1, 0.15) is 6.54 Å². The second-order valence-electron chi connectivity index (χ2n) is 6.70. The topological polar surface area (TPSA) is 66.5 Å². The third kappa shape index (κ3) is 6.22. The minimum absolute atomic E-state index is 0.0180. The Balaban J connectivity index is 2.14. The van der Waals surface area contributed by atoms with Gasteiger partial charge >= 0.3 is 6.18 Å². The molecule has 0 bridgehead atoms. The maximum Gasteiger partial charge on any atom is 0.416 e. The number of nitrogens with one attached hydrogen (secondary N) is 1. The van der Waals surface area contributed by atoms with Crippen molar-refractivity contribution in [3.05, 3.63) is 65.2 Å². The molecule has 0 aliphatic heterocycles. The van der Waals surface area contributed by atoms with Crippen LogP contribution in [0.5, 0.6) is 0 Å². The van der Waals surface area contributed by atoms with E-state index >= 15 is 0 Å². The summed E-state index contributed by atoms with van der Waals surface area (Å²) in [5, 5.41) is 2.72. The predicted molar refractivity (Wildman–Crippen MR) is 106 cm³/mol. The smallest absolute Gasteiger partial charge is 0.348 e. The summed E-state index contributed by atoms with van der Waals surface area (Å²) in [6.07, 6.45) is -2.75. The number of rotatable bonds is 7. The van der Waals surface area contributed by atoms with Gasteiger partial charge in [0, 0.05) is 0 Å². The van der Waals surface area contributed by atoms with Crippen LogP contribution in [0, 0.1) is 0 Å². The SMILES string of the molecule is CCc1ccc([C@H](C)NC(=O)CN(c2ccc(C(F)(F)F)cc2)S(C)(=O)=O)cc1. The van der Waals surface area contributed by atoms with Crippen molar-refractivity contribution in [1.29, 1.82) is 0 Å². The molecule has 0 spiro atoms. The van der Waals surface area contributed by atoms with Crippen LogP contribution >= 0.6 is 0 Å². The molecule has 0 unspecified atom stereocenters. The Kier molecular flexibility index (Phi) is 6.94. The Labute approximate surface area is 168 Å². The van der Waals surface area contributed by atoms with Crippen LogP contribution in [0.15, 0.2) is 48.5 Å². The molecule has 29 heavy (non-hydrogen) atoms. The lowest BCUT2D eigenvalue weighted by Crippen LogP contribution is -2.41. The molecule has 1 amide bonds. The number of sulfonamides is 1. The van der Waals surface area contributed by atoms with Gasteiger partial charge in [0.25, 0.3) is 0 Å². The van der Waals surface area contributed by atoms with Crippen LogP contribution in [0.2, 0.25) is 0 Å². The molecular weight excluding hydrogens is 405 g/mol. The minimum atomic E-state index is -4.53. The standard InChI is InChI=1S/C20H23F3N2O3S/c1-4-15-5-7-16(8-6-15)14(2)24-19(26)13-25(29(3,27)28)18-11-9-17(10-12-18)20(21,22)23/h5-12,14H,4,13H2,1-3H3,(H,24,26)/t14-/m0/s1. The fraction of sp³-hybridized carbons (Fsp3) is 0.350. The maximum atomic E-state index is 12.7. The molecule has 0 aliphatic rings. The number of hydrogen-bond acceptors (Lipinski definition) is 3. The van der Waals surface area contributed by atoms with E-state index in [1.54, 1.807) is 6.92 Å². The zero-order valence-electron chi connectivity index (χ0n) is 16.3. The molecule has 2 aromatic rings. The van der Waals surface area contributed by atoms with E-state index in [1.165, 1.54) is 0 Å². The van der Waals surface area contributed by atoms with Crippen LogP contribution in [-0.4, -0.2) is 27.1 Å². The lowest BCUT2D eigenvalue weighted by Gasteiger charge is -2.23. The molecule has 0 heterocycles. The molecule has 9 heteroatoms. The van der Waals surface area contributed by atoms with E-state index in [0.717, 1.165) is 52.4 Å². The molecule has 0 saturated carbocycles. The van der Waals surface area contributed by atoms with Crippen LogP contribution in [0.25, 0.3) is 0 Å². The van der Waals surface area contributed by atoms with Crippen molar-refractivity contribution in [1.82, 2.24) is 5.32 Å². The first kappa shape index (κ1) is 22.7. The zero-order valence-corrected chi connectivity index (χ0v) is 17.1. The van der Waals surface area contributed by atoms with Crippen molar-refractivity contribution >= 4 is 21.6 Å². The van der Waals surface area contributed by atoms with Gasteiger partial charge in [0.15, 0.2) is 0 Å². The summed E-state index contributed by atoms with van der Waals surface area (Å²) in [7, 11) is -3.88. The fourth-order valence-electron chi connectivity index (χ4n) is 2.76. The van der Waals surface area contributed by atoms with Crippen molar-refractivity contribution in [2.75, 3.05) is 17.1 Å². The molecule has 2 aromatic carbocycles. The zero-order chi connectivity index (χ0) is 21.8. The Morgan fingerprint density at radius 2 is 1.62 bits per heavy atom. The molecular formula is C20H23F3N2O3S. The van der Waals surface area contributed by atoms with Crippen molar-refractivity contribution in [2.24, 2.45) is 0 Å². The molecule has 2 rings (SSSR count). The number of carbonyl (C=O) groups excluding carboxylic acids is 1. The molecule has 0 fully saturated rings. The molecule has 0 radical (unpaired) electrons. The third-order valence-electron chi connectivity index (χ3n) is 4.44. The monoisotopic (exact) mass is 428 g/mol. The molecule has 0 aliphatic carbocycles. The normalized spacial score (nSPS) is 13.0. The van der Waals surface area contributed by atoms with Gasteiger partial charge < -0.3 is 5.32 Å². The van der Waals surface area contributed by atoms with Gasteiger partial charge in [-0.2, -0.15) is 13.2 Å². The molecule has 5 nitrogen and oxygen atoms in total. The molecule has 1 atom stereocenters. The van der Waals surface area contributed by atoms with Gasteiger partial charge in [-0.1, -0.05) is 31.2 Å². The summed E-state index contributed by atoms with van der Waals surface area (Å²) in [6.45, 7) is 3.25. The Morgan fingerprint density at radius 1 is 1.07 bits per heavy atom. The van der Waals surface area contributed by atoms with E-state index < -0.39 is 34.2 Å². The molecule has 0 saturated heterocycles. The summed E-state index contributed by atoms with van der Waals surface area (Å²) < 4.78 is 63.1. The number of anilines is 1. The summed E-state index contributed by atoms with van der Waals surface area (Å²) in [4.78, 5) is 12.4. The van der Waals surface area contributed by atoms with Crippen molar-refractivity contribution in [3.63, 3.8) is 0 Å². The highest BCUT2D eigenvalue weighted by Crippen LogP contribution is 2.31. The van der Waals surface area contributed by atoms with E-state index in [4.69, 9.17) is 0 Å². The summed E-state index contributed by atoms with van der Waals surface area (Å²) in [6, 6.07) is 10.9. The lowest BCUT2D eigenvalue weighted by atomic mass is 10.1. The van der Waals surface area contributed by atoms with Crippen molar-refractivity contribution < 1.29 is 26.4 Å². The van der Waals surface area contributed by atoms with E-state index in [2.05, 4.69) is 5.32 Å². The number of carbonyl (C=O) groups is 1. The highest BCUT2D eigenvalue weighted by Gasteiger charge is 2.31. The second-order valence-corrected chi connectivity index (χ2v) is 8.61. The Bertz CT molecular complexity index is 940. The van der Waals surface area contributed by atoms with E-state index in [-0.39, 0.29) is 11.7 Å². The van der Waals surface area contributed by atoms with Crippen LogP contribution < -0.4 is 9.62 Å². The second kappa shape index (κ2) is 8.86. The number of nitrogens with zero attached hydrogens (tertiary/aromatic N) is 1. The summed E-state index contributed by atoms with van der Waals surface area (Å²) in [5.41, 5.74) is 1.09. The van der Waals surface area contributed by atoms with Crippen LogP contribution in [0.3, 0.4) is 0 Å². The van der Waals surface area contributed by atoms with Gasteiger partial charge in [-0.3, -0.25) is 9.10 Å². The molecule has 158 valence electrons. The maximum absolute atomic E-state index is 12.7. The average molecular weight is 428 g/mol. The highest BCUT2D eigenvalue weighted by atomic mass is 32.2. The van der Waals surface area contributed by atoms with Gasteiger partial charge in [-0.15, -0.1) is 0 Å². The summed E-state index contributed by atoms with van der Waals surface area (Å²) in [5.74, 6) is -0.567.